The summed E-state index contributed by atoms with van der Waals surface area (Å²) in [5.74, 6) is -3.04. The van der Waals surface area contributed by atoms with E-state index in [2.05, 4.69) is 14.9 Å². The number of ether oxygens (including phenoxy) is 1. The number of pyridine rings is 1. The largest absolute Gasteiger partial charge is 0.465 e. The van der Waals surface area contributed by atoms with Crippen molar-refractivity contribution in [3.63, 3.8) is 0 Å². The Hall–Kier alpha value is -2.83. The van der Waals surface area contributed by atoms with Gasteiger partial charge < -0.3 is 4.74 Å². The number of hydrogen-bond donors (Lipinski definition) is 0. The Morgan fingerprint density at radius 1 is 1.24 bits per heavy atom. The SMILES string of the molecule is COC(=O)c1ccc(-c2ccn3c(CC4CC4(F)F)nnc3c2)cc1. The molecule has 3 aromatic rings. The summed E-state index contributed by atoms with van der Waals surface area (Å²) in [7, 11) is 1.34. The predicted molar refractivity (Wildman–Crippen MR) is 86.5 cm³/mol. The minimum absolute atomic E-state index is 0.0768. The van der Waals surface area contributed by atoms with Crippen molar-refractivity contribution in [1.29, 1.82) is 0 Å². The van der Waals surface area contributed by atoms with Gasteiger partial charge in [0.15, 0.2) is 5.65 Å². The zero-order valence-electron chi connectivity index (χ0n) is 13.4. The summed E-state index contributed by atoms with van der Waals surface area (Å²) >= 11 is 0. The quantitative estimate of drug-likeness (QED) is 0.682. The molecule has 0 aliphatic heterocycles. The van der Waals surface area contributed by atoms with E-state index in [0.29, 0.717) is 17.0 Å². The van der Waals surface area contributed by atoms with E-state index in [-0.39, 0.29) is 18.8 Å². The average molecular weight is 343 g/mol. The molecule has 2 heterocycles. The highest BCUT2D eigenvalue weighted by Gasteiger charge is 2.56. The summed E-state index contributed by atoms with van der Waals surface area (Å²) in [6.45, 7) is 0. The number of methoxy groups -OCH3 is 1. The molecule has 1 fully saturated rings. The fraction of sp³-hybridized carbons (Fsp3) is 0.278. The molecule has 25 heavy (non-hydrogen) atoms. The fourth-order valence-electron chi connectivity index (χ4n) is 2.89. The van der Waals surface area contributed by atoms with Crippen LogP contribution < -0.4 is 0 Å². The van der Waals surface area contributed by atoms with Crippen LogP contribution in [0.25, 0.3) is 16.8 Å². The molecule has 2 aromatic heterocycles. The molecule has 0 bridgehead atoms. The zero-order chi connectivity index (χ0) is 17.6. The maximum Gasteiger partial charge on any atom is 0.337 e. The summed E-state index contributed by atoms with van der Waals surface area (Å²) in [6, 6.07) is 10.7. The molecule has 7 heteroatoms. The molecule has 0 radical (unpaired) electrons. The van der Waals surface area contributed by atoms with Crippen molar-refractivity contribution in [2.45, 2.75) is 18.8 Å². The minimum atomic E-state index is -2.56. The van der Waals surface area contributed by atoms with Crippen molar-refractivity contribution < 1.29 is 18.3 Å². The van der Waals surface area contributed by atoms with Crippen LogP contribution in [0.5, 0.6) is 0 Å². The maximum absolute atomic E-state index is 13.1. The normalized spacial score (nSPS) is 18.3. The minimum Gasteiger partial charge on any atom is -0.465 e. The van der Waals surface area contributed by atoms with Gasteiger partial charge in [-0.2, -0.15) is 0 Å². The Kier molecular flexibility index (Phi) is 3.52. The van der Waals surface area contributed by atoms with Crippen LogP contribution in [0.1, 0.15) is 22.6 Å². The summed E-state index contributed by atoms with van der Waals surface area (Å²) < 4.78 is 32.6. The lowest BCUT2D eigenvalue weighted by Crippen LogP contribution is -2.02. The monoisotopic (exact) mass is 343 g/mol. The third kappa shape index (κ3) is 2.86. The molecule has 1 aliphatic rings. The Morgan fingerprint density at radius 2 is 1.96 bits per heavy atom. The van der Waals surface area contributed by atoms with Crippen LogP contribution in [0.4, 0.5) is 8.78 Å². The Balaban J connectivity index is 1.60. The molecule has 1 aromatic carbocycles. The van der Waals surface area contributed by atoms with E-state index in [1.54, 1.807) is 22.7 Å². The number of esters is 1. The number of rotatable bonds is 4. The van der Waals surface area contributed by atoms with Crippen LogP contribution in [0.15, 0.2) is 42.6 Å². The van der Waals surface area contributed by atoms with Crippen LogP contribution >= 0.6 is 0 Å². The van der Waals surface area contributed by atoms with Gasteiger partial charge in [0.2, 0.25) is 0 Å². The molecule has 1 saturated carbocycles. The van der Waals surface area contributed by atoms with Gasteiger partial charge in [0, 0.05) is 25.0 Å². The van der Waals surface area contributed by atoms with E-state index in [1.807, 2.05) is 24.3 Å². The maximum atomic E-state index is 13.1. The van der Waals surface area contributed by atoms with E-state index in [0.717, 1.165) is 11.1 Å². The number of halogens is 2. The lowest BCUT2D eigenvalue weighted by molar-refractivity contribution is 0.0600. The van der Waals surface area contributed by atoms with Crippen molar-refractivity contribution >= 4 is 11.6 Å². The van der Waals surface area contributed by atoms with E-state index in [9.17, 15) is 13.6 Å². The van der Waals surface area contributed by atoms with Crippen molar-refractivity contribution in [2.24, 2.45) is 5.92 Å². The molecule has 0 spiro atoms. The van der Waals surface area contributed by atoms with Gasteiger partial charge in [-0.25, -0.2) is 13.6 Å². The molecular formula is C18H15F2N3O2. The number of carbonyl (C=O) groups excluding carboxylic acids is 1. The number of fused-ring (bicyclic) bond motifs is 1. The molecule has 0 amide bonds. The molecule has 1 unspecified atom stereocenters. The Labute approximate surface area is 142 Å². The van der Waals surface area contributed by atoms with Crippen LogP contribution in [-0.4, -0.2) is 33.6 Å². The highest BCUT2D eigenvalue weighted by atomic mass is 19.3. The smallest absolute Gasteiger partial charge is 0.337 e. The highest BCUT2D eigenvalue weighted by molar-refractivity contribution is 5.90. The van der Waals surface area contributed by atoms with Crippen LogP contribution in [-0.2, 0) is 11.2 Å². The van der Waals surface area contributed by atoms with Gasteiger partial charge in [-0.05, 0) is 35.4 Å². The number of alkyl halides is 2. The molecule has 1 aliphatic carbocycles. The van der Waals surface area contributed by atoms with E-state index in [4.69, 9.17) is 0 Å². The summed E-state index contributed by atoms with van der Waals surface area (Å²) in [5, 5.41) is 8.13. The molecule has 0 N–H and O–H groups in total. The first-order valence-corrected chi connectivity index (χ1v) is 7.88. The molecule has 4 rings (SSSR count). The highest BCUT2D eigenvalue weighted by Crippen LogP contribution is 2.50. The standard InChI is InChI=1S/C18H15F2N3O2/c1-25-17(24)12-4-2-11(3-5-12)13-6-7-23-15(8-13)21-22-16(23)9-14-10-18(14,19)20/h2-8,14H,9-10H2,1H3. The van der Waals surface area contributed by atoms with Crippen LogP contribution in [0, 0.1) is 5.92 Å². The number of aromatic nitrogens is 3. The molecule has 128 valence electrons. The summed E-state index contributed by atoms with van der Waals surface area (Å²) in [6.07, 6.45) is 1.93. The summed E-state index contributed by atoms with van der Waals surface area (Å²) in [5.41, 5.74) is 2.89. The van der Waals surface area contributed by atoms with E-state index in [1.165, 1.54) is 7.11 Å². The summed E-state index contributed by atoms with van der Waals surface area (Å²) in [4.78, 5) is 11.5. The van der Waals surface area contributed by atoms with E-state index >= 15 is 0 Å². The van der Waals surface area contributed by atoms with Crippen molar-refractivity contribution in [3.05, 3.63) is 54.0 Å². The molecule has 0 saturated heterocycles. The first-order valence-electron chi connectivity index (χ1n) is 7.88. The first kappa shape index (κ1) is 15.7. The van der Waals surface area contributed by atoms with Gasteiger partial charge >= 0.3 is 5.97 Å². The second-order valence-electron chi connectivity index (χ2n) is 6.19. The van der Waals surface area contributed by atoms with Crippen molar-refractivity contribution in [2.75, 3.05) is 7.11 Å². The first-order chi connectivity index (χ1) is 12.0. The van der Waals surface area contributed by atoms with Gasteiger partial charge in [0.25, 0.3) is 5.92 Å². The number of hydrogen-bond acceptors (Lipinski definition) is 4. The fourth-order valence-corrected chi connectivity index (χ4v) is 2.89. The zero-order valence-corrected chi connectivity index (χ0v) is 13.4. The second kappa shape index (κ2) is 5.61. The lowest BCUT2D eigenvalue weighted by atomic mass is 10.1. The third-order valence-electron chi connectivity index (χ3n) is 4.50. The lowest BCUT2D eigenvalue weighted by Gasteiger charge is -2.05. The van der Waals surface area contributed by atoms with Crippen molar-refractivity contribution in [3.8, 4) is 11.1 Å². The van der Waals surface area contributed by atoms with Crippen LogP contribution in [0.2, 0.25) is 0 Å². The van der Waals surface area contributed by atoms with E-state index < -0.39 is 11.8 Å². The van der Waals surface area contributed by atoms with Gasteiger partial charge in [-0.3, -0.25) is 4.40 Å². The molecule has 1 atom stereocenters. The topological polar surface area (TPSA) is 56.5 Å². The number of nitrogens with zero attached hydrogens (tertiary/aromatic N) is 3. The predicted octanol–water partition coefficient (Wildman–Crippen LogP) is 3.38. The average Bonchev–Trinajstić information content (AvgIpc) is 3.03. The number of carbonyl (C=O) groups is 1. The van der Waals surface area contributed by atoms with Gasteiger partial charge in [0.1, 0.15) is 5.82 Å². The van der Waals surface area contributed by atoms with Gasteiger partial charge in [-0.15, -0.1) is 10.2 Å². The number of benzene rings is 1. The third-order valence-corrected chi connectivity index (χ3v) is 4.50. The van der Waals surface area contributed by atoms with Crippen molar-refractivity contribution in [1.82, 2.24) is 14.6 Å². The second-order valence-corrected chi connectivity index (χ2v) is 6.19. The Morgan fingerprint density at radius 3 is 2.60 bits per heavy atom. The van der Waals surface area contributed by atoms with Gasteiger partial charge in [-0.1, -0.05) is 12.1 Å². The molecule has 5 nitrogen and oxygen atoms in total. The molecular weight excluding hydrogens is 328 g/mol. The Bertz CT molecular complexity index is 951. The van der Waals surface area contributed by atoms with Gasteiger partial charge in [0.05, 0.1) is 12.7 Å². The van der Waals surface area contributed by atoms with Crippen LogP contribution in [0.3, 0.4) is 0 Å².